The minimum absolute atomic E-state index is 0.831. The summed E-state index contributed by atoms with van der Waals surface area (Å²) in [5.41, 5.74) is 6.43. The number of nitrogens with zero attached hydrogens (tertiary/aromatic N) is 2. The first-order valence-electron chi connectivity index (χ1n) is 10.9. The Morgan fingerprint density at radius 2 is 0.912 bits per heavy atom. The number of thiazole rings is 2. The number of aryl methyl sites for hydroxylation is 2. The van der Waals surface area contributed by atoms with Crippen LogP contribution in [-0.2, 0) is 0 Å². The van der Waals surface area contributed by atoms with E-state index in [2.05, 4.69) is 86.1 Å². The molecule has 0 bridgehead atoms. The lowest BCUT2D eigenvalue weighted by Gasteiger charge is -1.99. The Labute approximate surface area is 205 Å². The minimum Gasteiger partial charge on any atom is -0.228 e. The number of hydrogen-bond acceptors (Lipinski definition) is 4. The fourth-order valence-corrected chi connectivity index (χ4v) is 5.70. The van der Waals surface area contributed by atoms with E-state index < -0.39 is 0 Å². The van der Waals surface area contributed by atoms with Crippen molar-refractivity contribution in [2.45, 2.75) is 13.8 Å². The lowest BCUT2D eigenvalue weighted by atomic mass is 10.1. The lowest BCUT2D eigenvalue weighted by molar-refractivity contribution is 1.44. The standard InChI is InChI=1S/C30H18N2S2/c1-19-3-7-21(8-4-19)11-17-27-31-25-15-13-24-23(29(25)33-27)14-16-26-30(24)34-28(32-26)18-12-22-9-5-20(2)6-10-22/h3-10,13-16H,1-2H3. The first kappa shape index (κ1) is 20.6. The fraction of sp³-hybridized carbons (Fsp3) is 0.0667. The van der Waals surface area contributed by atoms with E-state index in [0.29, 0.717) is 0 Å². The van der Waals surface area contributed by atoms with Crippen molar-refractivity contribution in [2.24, 2.45) is 0 Å². The smallest absolute Gasteiger partial charge is 0.168 e. The average Bonchev–Trinajstić information content (AvgIpc) is 3.47. The highest BCUT2D eigenvalue weighted by molar-refractivity contribution is 7.21. The molecule has 4 heteroatoms. The van der Waals surface area contributed by atoms with Gasteiger partial charge in [-0.3, -0.25) is 0 Å². The van der Waals surface area contributed by atoms with Crippen molar-refractivity contribution in [1.29, 1.82) is 0 Å². The molecule has 2 nitrogen and oxygen atoms in total. The van der Waals surface area contributed by atoms with Crippen LogP contribution in [0.3, 0.4) is 0 Å². The van der Waals surface area contributed by atoms with Crippen LogP contribution in [0.1, 0.15) is 32.3 Å². The molecule has 34 heavy (non-hydrogen) atoms. The van der Waals surface area contributed by atoms with E-state index in [1.807, 2.05) is 24.3 Å². The van der Waals surface area contributed by atoms with Gasteiger partial charge in [-0.15, -0.1) is 22.7 Å². The molecule has 0 atom stereocenters. The third-order valence-corrected chi connectivity index (χ3v) is 7.67. The number of aromatic nitrogens is 2. The molecular weight excluding hydrogens is 452 g/mol. The van der Waals surface area contributed by atoms with Crippen LogP contribution >= 0.6 is 22.7 Å². The van der Waals surface area contributed by atoms with E-state index in [0.717, 1.165) is 41.6 Å². The molecule has 6 aromatic rings. The van der Waals surface area contributed by atoms with Crippen molar-refractivity contribution in [1.82, 2.24) is 9.97 Å². The Bertz CT molecular complexity index is 1680. The maximum Gasteiger partial charge on any atom is 0.168 e. The Hall–Kier alpha value is -3.96. The number of hydrogen-bond donors (Lipinski definition) is 0. The summed E-state index contributed by atoms with van der Waals surface area (Å²) in [7, 11) is 0. The van der Waals surface area contributed by atoms with Gasteiger partial charge in [-0.2, -0.15) is 0 Å². The summed E-state index contributed by atoms with van der Waals surface area (Å²) >= 11 is 3.29. The van der Waals surface area contributed by atoms with Crippen LogP contribution < -0.4 is 0 Å². The quantitative estimate of drug-likeness (QED) is 0.215. The van der Waals surface area contributed by atoms with Crippen LogP contribution in [0.5, 0.6) is 0 Å². The molecule has 0 N–H and O–H groups in total. The van der Waals surface area contributed by atoms with Gasteiger partial charge in [0.15, 0.2) is 10.0 Å². The molecule has 0 radical (unpaired) electrons. The zero-order chi connectivity index (χ0) is 23.1. The molecule has 0 fully saturated rings. The largest absolute Gasteiger partial charge is 0.228 e. The van der Waals surface area contributed by atoms with Gasteiger partial charge in [-0.25, -0.2) is 9.97 Å². The van der Waals surface area contributed by atoms with E-state index >= 15 is 0 Å². The van der Waals surface area contributed by atoms with E-state index in [1.54, 1.807) is 22.7 Å². The van der Waals surface area contributed by atoms with Gasteiger partial charge in [-0.1, -0.05) is 59.4 Å². The molecule has 0 unspecified atom stereocenters. The van der Waals surface area contributed by atoms with Crippen LogP contribution in [0, 0.1) is 37.5 Å². The van der Waals surface area contributed by atoms with E-state index in [9.17, 15) is 0 Å². The second-order valence-electron chi connectivity index (χ2n) is 8.19. The van der Waals surface area contributed by atoms with Gasteiger partial charge in [-0.05, 0) is 62.1 Å². The summed E-state index contributed by atoms with van der Waals surface area (Å²) in [6.07, 6.45) is 0. The Kier molecular flexibility index (Phi) is 5.12. The predicted octanol–water partition coefficient (Wildman–Crippen LogP) is 7.48. The van der Waals surface area contributed by atoms with Crippen molar-refractivity contribution in [3.63, 3.8) is 0 Å². The van der Waals surface area contributed by atoms with Crippen LogP contribution in [0.25, 0.3) is 31.2 Å². The highest BCUT2D eigenvalue weighted by atomic mass is 32.1. The molecule has 0 amide bonds. The van der Waals surface area contributed by atoms with Crippen LogP contribution in [0.2, 0.25) is 0 Å². The fourth-order valence-electron chi connectivity index (χ4n) is 3.81. The Balaban J connectivity index is 1.39. The second-order valence-corrected chi connectivity index (χ2v) is 10.2. The maximum atomic E-state index is 4.76. The maximum absolute atomic E-state index is 4.76. The van der Waals surface area contributed by atoms with E-state index in [-0.39, 0.29) is 0 Å². The van der Waals surface area contributed by atoms with Crippen molar-refractivity contribution in [3.8, 4) is 23.7 Å². The van der Waals surface area contributed by atoms with Gasteiger partial charge >= 0.3 is 0 Å². The van der Waals surface area contributed by atoms with Crippen molar-refractivity contribution in [3.05, 3.63) is 105 Å². The van der Waals surface area contributed by atoms with Crippen LogP contribution in [0.15, 0.2) is 72.8 Å². The van der Waals surface area contributed by atoms with Crippen LogP contribution in [0.4, 0.5) is 0 Å². The summed E-state index contributed by atoms with van der Waals surface area (Å²) < 4.78 is 2.32. The summed E-state index contributed by atoms with van der Waals surface area (Å²) in [5, 5.41) is 4.04. The predicted molar refractivity (Wildman–Crippen MR) is 145 cm³/mol. The summed E-state index contributed by atoms with van der Waals surface area (Å²) in [6, 6.07) is 25.0. The molecule has 2 aromatic heterocycles. The van der Waals surface area contributed by atoms with Gasteiger partial charge in [0.2, 0.25) is 0 Å². The van der Waals surface area contributed by atoms with Crippen molar-refractivity contribution >= 4 is 53.9 Å². The molecule has 0 saturated carbocycles. The summed E-state index contributed by atoms with van der Waals surface area (Å²) in [6.45, 7) is 4.16. The average molecular weight is 471 g/mol. The third-order valence-electron chi connectivity index (χ3n) is 5.63. The van der Waals surface area contributed by atoms with E-state index in [4.69, 9.17) is 9.97 Å². The summed E-state index contributed by atoms with van der Waals surface area (Å²) in [4.78, 5) is 9.52. The topological polar surface area (TPSA) is 25.8 Å². The number of rotatable bonds is 0. The summed E-state index contributed by atoms with van der Waals surface area (Å²) in [5.74, 6) is 13.0. The molecule has 0 aliphatic heterocycles. The first-order chi connectivity index (χ1) is 16.6. The molecule has 0 spiro atoms. The second kappa shape index (κ2) is 8.43. The van der Waals surface area contributed by atoms with Crippen molar-refractivity contribution < 1.29 is 0 Å². The third kappa shape index (κ3) is 3.95. The number of benzene rings is 4. The highest BCUT2D eigenvalue weighted by Crippen LogP contribution is 2.36. The van der Waals surface area contributed by atoms with Gasteiger partial charge in [0.1, 0.15) is 0 Å². The molecule has 160 valence electrons. The number of fused-ring (bicyclic) bond motifs is 5. The van der Waals surface area contributed by atoms with Gasteiger partial charge in [0.05, 0.1) is 20.4 Å². The zero-order valence-electron chi connectivity index (χ0n) is 18.6. The van der Waals surface area contributed by atoms with Crippen LogP contribution in [-0.4, -0.2) is 9.97 Å². The SMILES string of the molecule is Cc1ccc(C#Cc2nc3ccc4c(ccc5nc(C#Cc6ccc(C)cc6)sc54)c3s2)cc1. The minimum atomic E-state index is 0.831. The molecule has 0 aliphatic carbocycles. The normalized spacial score (nSPS) is 10.8. The molecule has 4 aromatic carbocycles. The molecule has 6 rings (SSSR count). The first-order valence-corrected chi connectivity index (χ1v) is 12.6. The monoisotopic (exact) mass is 470 g/mol. The zero-order valence-corrected chi connectivity index (χ0v) is 20.3. The highest BCUT2D eigenvalue weighted by Gasteiger charge is 2.11. The molecule has 0 saturated heterocycles. The van der Waals surface area contributed by atoms with Crippen molar-refractivity contribution in [2.75, 3.05) is 0 Å². The lowest BCUT2D eigenvalue weighted by Crippen LogP contribution is -1.77. The Morgan fingerprint density at radius 3 is 1.32 bits per heavy atom. The van der Waals surface area contributed by atoms with Gasteiger partial charge < -0.3 is 0 Å². The molecular formula is C30H18N2S2. The van der Waals surface area contributed by atoms with Gasteiger partial charge in [0.25, 0.3) is 0 Å². The van der Waals surface area contributed by atoms with E-state index in [1.165, 1.54) is 21.9 Å². The Morgan fingerprint density at radius 1 is 0.500 bits per heavy atom. The molecule has 2 heterocycles. The molecule has 0 aliphatic rings. The van der Waals surface area contributed by atoms with Gasteiger partial charge in [0, 0.05) is 21.9 Å².